The first-order valence-electron chi connectivity index (χ1n) is 12.0. The Balaban J connectivity index is 1.38. The van der Waals surface area contributed by atoms with Gasteiger partial charge in [-0.25, -0.2) is 0 Å². The van der Waals surface area contributed by atoms with Crippen LogP contribution < -0.4 is 9.47 Å². The van der Waals surface area contributed by atoms with Crippen molar-refractivity contribution in [3.63, 3.8) is 0 Å². The summed E-state index contributed by atoms with van der Waals surface area (Å²) in [5.41, 5.74) is 3.41. The van der Waals surface area contributed by atoms with Crippen LogP contribution in [0.4, 0.5) is 0 Å². The van der Waals surface area contributed by atoms with E-state index in [4.69, 9.17) is 14.2 Å². The molecule has 0 saturated carbocycles. The molecule has 1 fully saturated rings. The number of hydrogen-bond acceptors (Lipinski definition) is 5. The Morgan fingerprint density at radius 2 is 2.03 bits per heavy atom. The van der Waals surface area contributed by atoms with Gasteiger partial charge in [0.15, 0.2) is 0 Å². The van der Waals surface area contributed by atoms with Gasteiger partial charge in [-0.3, -0.25) is 4.79 Å². The molecule has 1 atom stereocenters. The SMILES string of the molecule is COc1ccccc1CCC(=O)N(Cc1cccc(OCCc2ccsc2)c1)C[C@H]1CCCO1. The van der Waals surface area contributed by atoms with Crippen molar-refractivity contribution in [1.82, 2.24) is 4.90 Å². The molecule has 180 valence electrons. The van der Waals surface area contributed by atoms with Gasteiger partial charge in [0.25, 0.3) is 0 Å². The van der Waals surface area contributed by atoms with E-state index in [1.807, 2.05) is 47.4 Å². The summed E-state index contributed by atoms with van der Waals surface area (Å²) in [6.07, 6.45) is 4.14. The number of ether oxygens (including phenoxy) is 3. The highest BCUT2D eigenvalue weighted by Gasteiger charge is 2.23. The van der Waals surface area contributed by atoms with Gasteiger partial charge in [0, 0.05) is 32.5 Å². The maximum absolute atomic E-state index is 13.3. The summed E-state index contributed by atoms with van der Waals surface area (Å²) in [5, 5.41) is 4.24. The van der Waals surface area contributed by atoms with Crippen molar-refractivity contribution in [3.8, 4) is 11.5 Å². The maximum atomic E-state index is 13.3. The molecule has 0 bridgehead atoms. The minimum absolute atomic E-state index is 0.111. The Labute approximate surface area is 206 Å². The number of amides is 1. The normalized spacial score (nSPS) is 15.3. The van der Waals surface area contributed by atoms with Crippen molar-refractivity contribution in [1.29, 1.82) is 0 Å². The van der Waals surface area contributed by atoms with E-state index in [1.54, 1.807) is 18.4 Å². The summed E-state index contributed by atoms with van der Waals surface area (Å²) in [6.45, 7) is 2.58. The Kier molecular flexibility index (Phi) is 8.99. The lowest BCUT2D eigenvalue weighted by Gasteiger charge is -2.26. The number of hydrogen-bond donors (Lipinski definition) is 0. The molecule has 1 aromatic heterocycles. The number of rotatable bonds is 12. The van der Waals surface area contributed by atoms with Crippen molar-refractivity contribution in [3.05, 3.63) is 82.0 Å². The van der Waals surface area contributed by atoms with Crippen LogP contribution in [0.15, 0.2) is 65.4 Å². The second kappa shape index (κ2) is 12.6. The highest BCUT2D eigenvalue weighted by molar-refractivity contribution is 7.07. The molecule has 0 unspecified atom stereocenters. The average Bonchev–Trinajstić information content (AvgIpc) is 3.57. The molecule has 0 spiro atoms. The van der Waals surface area contributed by atoms with Crippen LogP contribution in [0.25, 0.3) is 0 Å². The molecule has 1 aliphatic heterocycles. The first-order valence-corrected chi connectivity index (χ1v) is 12.9. The predicted molar refractivity (Wildman–Crippen MR) is 136 cm³/mol. The van der Waals surface area contributed by atoms with E-state index in [1.165, 1.54) is 5.56 Å². The number of nitrogens with zero attached hydrogens (tertiary/aromatic N) is 1. The predicted octanol–water partition coefficient (Wildman–Crippen LogP) is 5.52. The van der Waals surface area contributed by atoms with Crippen molar-refractivity contribution in [2.45, 2.75) is 44.8 Å². The van der Waals surface area contributed by atoms with Gasteiger partial charge in [-0.05, 0) is 71.0 Å². The number of carbonyl (C=O) groups excluding carboxylic acids is 1. The first kappa shape index (κ1) is 24.3. The third-order valence-corrected chi connectivity index (χ3v) is 6.84. The minimum Gasteiger partial charge on any atom is -0.496 e. The average molecular weight is 480 g/mol. The molecule has 1 aliphatic rings. The van der Waals surface area contributed by atoms with Gasteiger partial charge >= 0.3 is 0 Å². The lowest BCUT2D eigenvalue weighted by Crippen LogP contribution is -2.37. The summed E-state index contributed by atoms with van der Waals surface area (Å²) in [7, 11) is 1.67. The standard InChI is InChI=1S/C28H33NO4S/c1-31-27-10-3-2-7-24(27)11-12-28(30)29(20-26-9-5-15-32-26)19-23-6-4-8-25(18-23)33-16-13-22-14-17-34-21-22/h2-4,6-8,10,14,17-18,21,26H,5,9,11-13,15-16,19-20H2,1H3/t26-/m1/s1. The molecule has 2 aromatic carbocycles. The largest absolute Gasteiger partial charge is 0.496 e. The van der Waals surface area contributed by atoms with E-state index < -0.39 is 0 Å². The van der Waals surface area contributed by atoms with Crippen molar-refractivity contribution in [2.24, 2.45) is 0 Å². The summed E-state index contributed by atoms with van der Waals surface area (Å²) in [6, 6.07) is 18.1. The van der Waals surface area contributed by atoms with Gasteiger partial charge < -0.3 is 19.1 Å². The minimum atomic E-state index is 0.111. The third kappa shape index (κ3) is 7.08. The van der Waals surface area contributed by atoms with E-state index in [-0.39, 0.29) is 12.0 Å². The third-order valence-electron chi connectivity index (χ3n) is 6.11. The van der Waals surface area contributed by atoms with Gasteiger partial charge in [-0.2, -0.15) is 11.3 Å². The summed E-state index contributed by atoms with van der Waals surface area (Å²) < 4.78 is 17.3. The number of aryl methyl sites for hydroxylation is 1. The molecule has 0 radical (unpaired) electrons. The fraction of sp³-hybridized carbons (Fsp3) is 0.393. The van der Waals surface area contributed by atoms with Crippen LogP contribution in [0.2, 0.25) is 0 Å². The summed E-state index contributed by atoms with van der Waals surface area (Å²) in [5.74, 6) is 1.80. The van der Waals surface area contributed by atoms with Crippen LogP contribution in [0.3, 0.4) is 0 Å². The monoisotopic (exact) mass is 479 g/mol. The zero-order valence-electron chi connectivity index (χ0n) is 19.8. The quantitative estimate of drug-likeness (QED) is 0.343. The van der Waals surface area contributed by atoms with E-state index in [2.05, 4.69) is 22.9 Å². The van der Waals surface area contributed by atoms with Crippen LogP contribution in [-0.2, 0) is 28.9 Å². The van der Waals surface area contributed by atoms with E-state index in [0.717, 1.165) is 48.5 Å². The van der Waals surface area contributed by atoms with Crippen LogP contribution >= 0.6 is 11.3 Å². The molecule has 1 saturated heterocycles. The molecular weight excluding hydrogens is 446 g/mol. The second-order valence-corrected chi connectivity index (χ2v) is 9.38. The number of methoxy groups -OCH3 is 1. The number of thiophene rings is 1. The lowest BCUT2D eigenvalue weighted by atomic mass is 10.1. The van der Waals surface area contributed by atoms with Crippen LogP contribution in [0, 0.1) is 0 Å². The fourth-order valence-corrected chi connectivity index (χ4v) is 4.98. The Bertz CT molecular complexity index is 1030. The lowest BCUT2D eigenvalue weighted by molar-refractivity contribution is -0.133. The topological polar surface area (TPSA) is 48.0 Å². The summed E-state index contributed by atoms with van der Waals surface area (Å²) in [4.78, 5) is 15.2. The van der Waals surface area contributed by atoms with Gasteiger partial charge in [-0.1, -0.05) is 30.3 Å². The zero-order chi connectivity index (χ0) is 23.6. The highest BCUT2D eigenvalue weighted by Crippen LogP contribution is 2.22. The van der Waals surface area contributed by atoms with Gasteiger partial charge in [-0.15, -0.1) is 0 Å². The van der Waals surface area contributed by atoms with E-state index >= 15 is 0 Å². The molecule has 6 heteroatoms. The molecule has 2 heterocycles. The van der Waals surface area contributed by atoms with E-state index in [9.17, 15) is 4.79 Å². The molecular formula is C28H33NO4S. The molecule has 1 amide bonds. The van der Waals surface area contributed by atoms with Crippen molar-refractivity contribution >= 4 is 17.2 Å². The van der Waals surface area contributed by atoms with Gasteiger partial charge in [0.05, 0.1) is 19.8 Å². The van der Waals surface area contributed by atoms with Crippen LogP contribution in [0.1, 0.15) is 36.0 Å². The number of carbonyl (C=O) groups is 1. The molecule has 34 heavy (non-hydrogen) atoms. The van der Waals surface area contributed by atoms with E-state index in [0.29, 0.717) is 32.5 Å². The van der Waals surface area contributed by atoms with Crippen LogP contribution in [-0.4, -0.2) is 43.8 Å². The smallest absolute Gasteiger partial charge is 0.223 e. The molecule has 0 aliphatic carbocycles. The van der Waals surface area contributed by atoms with Crippen molar-refractivity contribution in [2.75, 3.05) is 26.9 Å². The highest BCUT2D eigenvalue weighted by atomic mass is 32.1. The summed E-state index contributed by atoms with van der Waals surface area (Å²) >= 11 is 1.70. The molecule has 5 nitrogen and oxygen atoms in total. The Hall–Kier alpha value is -2.83. The Morgan fingerprint density at radius 1 is 1.12 bits per heavy atom. The van der Waals surface area contributed by atoms with Crippen LogP contribution in [0.5, 0.6) is 11.5 Å². The fourth-order valence-electron chi connectivity index (χ4n) is 4.27. The van der Waals surface area contributed by atoms with Crippen molar-refractivity contribution < 1.29 is 19.0 Å². The number of benzene rings is 2. The molecule has 0 N–H and O–H groups in total. The number of para-hydroxylation sites is 1. The zero-order valence-corrected chi connectivity index (χ0v) is 20.6. The first-order chi connectivity index (χ1) is 16.7. The van der Waals surface area contributed by atoms with Gasteiger partial charge in [0.1, 0.15) is 11.5 Å². The second-order valence-electron chi connectivity index (χ2n) is 8.60. The maximum Gasteiger partial charge on any atom is 0.223 e. The molecule has 4 rings (SSSR count). The Morgan fingerprint density at radius 3 is 2.82 bits per heavy atom. The van der Waals surface area contributed by atoms with Gasteiger partial charge in [0.2, 0.25) is 5.91 Å². The molecule has 3 aromatic rings.